The van der Waals surface area contributed by atoms with Crippen molar-refractivity contribution >= 4 is 29.4 Å². The fourth-order valence-electron chi connectivity index (χ4n) is 5.71. The smallest absolute Gasteiger partial charge is 0.327 e. The summed E-state index contributed by atoms with van der Waals surface area (Å²) in [6.07, 6.45) is 8.30. The Hall–Kier alpha value is -5.01. The molecule has 47 heavy (non-hydrogen) atoms. The molecule has 0 saturated carbocycles. The summed E-state index contributed by atoms with van der Waals surface area (Å²) in [5.41, 5.74) is 3.75. The minimum Gasteiger partial charge on any atom is -0.491 e. The first-order valence-corrected chi connectivity index (χ1v) is 16.0. The van der Waals surface area contributed by atoms with Gasteiger partial charge in [0, 0.05) is 61.6 Å². The first-order chi connectivity index (χ1) is 23.0. The minimum atomic E-state index is -1.02. The lowest BCUT2D eigenvalue weighted by molar-refractivity contribution is -0.192. The summed E-state index contributed by atoms with van der Waals surface area (Å²) < 4.78 is 18.8. The highest BCUT2D eigenvalue weighted by Crippen LogP contribution is 2.36. The summed E-state index contributed by atoms with van der Waals surface area (Å²) in [4.78, 5) is 24.3. The molecule has 2 aromatic carbocycles. The van der Waals surface area contributed by atoms with Gasteiger partial charge in [0.1, 0.15) is 25.0 Å². The molecule has 4 heterocycles. The number of carbonyl (C=O) groups excluding carboxylic acids is 1. The first kappa shape index (κ1) is 32.0. The molecule has 2 amide bonds. The van der Waals surface area contributed by atoms with Crippen molar-refractivity contribution in [2.75, 3.05) is 54.1 Å². The van der Waals surface area contributed by atoms with Crippen LogP contribution in [-0.4, -0.2) is 83.9 Å². The molecule has 4 aromatic rings. The molecule has 2 aliphatic rings. The molecule has 246 valence electrons. The number of carbonyl (C=O) groups is 1. The zero-order valence-electron chi connectivity index (χ0n) is 26.7. The van der Waals surface area contributed by atoms with Gasteiger partial charge in [-0.05, 0) is 74.0 Å². The van der Waals surface area contributed by atoms with E-state index in [0.29, 0.717) is 25.4 Å². The Kier molecular flexibility index (Phi) is 9.93. The molecule has 0 spiro atoms. The molecule has 2 aliphatic heterocycles. The normalized spacial score (nSPS) is 20.1. The van der Waals surface area contributed by atoms with Gasteiger partial charge in [-0.3, -0.25) is 15.3 Å². The van der Waals surface area contributed by atoms with Crippen LogP contribution in [-0.2, 0) is 21.8 Å². The fourth-order valence-corrected chi connectivity index (χ4v) is 5.71. The van der Waals surface area contributed by atoms with Gasteiger partial charge >= 0.3 is 6.03 Å². The van der Waals surface area contributed by atoms with Gasteiger partial charge in [0.05, 0.1) is 31.0 Å². The number of anilines is 3. The number of piperazine rings is 1. The molecule has 3 unspecified atom stereocenters. The minimum absolute atomic E-state index is 0.0438. The third-order valence-corrected chi connectivity index (χ3v) is 8.54. The summed E-state index contributed by atoms with van der Waals surface area (Å²) in [7, 11) is 0. The van der Waals surface area contributed by atoms with E-state index < -0.39 is 5.79 Å². The Bertz CT molecular complexity index is 1580. The van der Waals surface area contributed by atoms with Crippen molar-refractivity contribution in [3.05, 3.63) is 91.0 Å². The SMILES string of the molecule is CCC(C)NC(=O)N(C=N)c1ccc(N2CCN(c3ccc(OCC4COC(Cn5nccn5)(c5ccncc5)O4)cc3)CC2)cc1. The van der Waals surface area contributed by atoms with Gasteiger partial charge in [-0.2, -0.15) is 15.0 Å². The highest BCUT2D eigenvalue weighted by atomic mass is 16.8. The topological polar surface area (TPSA) is 134 Å². The number of pyridine rings is 1. The monoisotopic (exact) mass is 639 g/mol. The van der Waals surface area contributed by atoms with Crippen molar-refractivity contribution < 1.29 is 19.0 Å². The second-order valence-electron chi connectivity index (χ2n) is 11.7. The van der Waals surface area contributed by atoms with E-state index in [0.717, 1.165) is 61.6 Å². The van der Waals surface area contributed by atoms with E-state index in [1.54, 1.807) is 29.6 Å². The number of ether oxygens (including phenoxy) is 3. The maximum Gasteiger partial charge on any atom is 0.327 e. The van der Waals surface area contributed by atoms with Crippen LogP contribution in [0.25, 0.3) is 0 Å². The number of aromatic nitrogens is 4. The van der Waals surface area contributed by atoms with Crippen molar-refractivity contribution in [2.24, 2.45) is 0 Å². The number of rotatable bonds is 12. The van der Waals surface area contributed by atoms with E-state index in [2.05, 4.69) is 42.4 Å². The zero-order valence-corrected chi connectivity index (χ0v) is 26.7. The molecule has 2 N–H and O–H groups in total. The molecule has 13 heteroatoms. The Morgan fingerprint density at radius 3 is 2.21 bits per heavy atom. The third kappa shape index (κ3) is 7.53. The van der Waals surface area contributed by atoms with Crippen LogP contribution in [0.2, 0.25) is 0 Å². The van der Waals surface area contributed by atoms with Crippen LogP contribution in [0, 0.1) is 5.41 Å². The van der Waals surface area contributed by atoms with Gasteiger partial charge < -0.3 is 29.3 Å². The number of hydrogen-bond donors (Lipinski definition) is 2. The second kappa shape index (κ2) is 14.6. The van der Waals surface area contributed by atoms with Crippen LogP contribution in [0.15, 0.2) is 85.5 Å². The number of amides is 2. The molecule has 2 saturated heterocycles. The van der Waals surface area contributed by atoms with Crippen LogP contribution in [0.3, 0.4) is 0 Å². The maximum absolute atomic E-state index is 12.6. The number of benzene rings is 2. The van der Waals surface area contributed by atoms with E-state index >= 15 is 0 Å². The average Bonchev–Trinajstić information content (AvgIpc) is 3.79. The Morgan fingerprint density at radius 1 is 1.00 bits per heavy atom. The largest absolute Gasteiger partial charge is 0.491 e. The predicted molar refractivity (Wildman–Crippen MR) is 179 cm³/mol. The first-order valence-electron chi connectivity index (χ1n) is 16.0. The van der Waals surface area contributed by atoms with Gasteiger partial charge in [-0.1, -0.05) is 6.92 Å². The van der Waals surface area contributed by atoms with Crippen LogP contribution in [0.1, 0.15) is 25.8 Å². The zero-order chi connectivity index (χ0) is 32.6. The molecule has 0 radical (unpaired) electrons. The molecular weight excluding hydrogens is 598 g/mol. The van der Waals surface area contributed by atoms with Crippen LogP contribution in [0.5, 0.6) is 5.75 Å². The molecule has 13 nitrogen and oxygen atoms in total. The van der Waals surface area contributed by atoms with Crippen LogP contribution < -0.4 is 24.8 Å². The van der Waals surface area contributed by atoms with Gasteiger partial charge in [-0.15, -0.1) is 0 Å². The Balaban J connectivity index is 0.991. The second-order valence-corrected chi connectivity index (χ2v) is 11.7. The van der Waals surface area contributed by atoms with Gasteiger partial charge in [0.15, 0.2) is 0 Å². The molecular formula is C34H41N9O4. The highest BCUT2D eigenvalue weighted by Gasteiger charge is 2.44. The maximum atomic E-state index is 12.6. The molecule has 2 aromatic heterocycles. The standard InChI is InChI=1S/C34H41N9O4/c1-3-26(2)39-33(44)42(25-35)30-6-4-28(5-7-30)40-18-20-41(21-19-40)29-8-10-31(11-9-29)45-22-32-23-46-34(47-32,24-43-37-16-17-38-43)27-12-14-36-15-13-27/h4-17,25-26,32,35H,3,18-24H2,1-2H3,(H,39,44). The highest BCUT2D eigenvalue weighted by molar-refractivity contribution is 6.06. The van der Waals surface area contributed by atoms with Crippen LogP contribution in [0.4, 0.5) is 21.9 Å². The summed E-state index contributed by atoms with van der Waals surface area (Å²) in [6.45, 7) is 8.49. The molecule has 0 aliphatic carbocycles. The molecule has 3 atom stereocenters. The number of nitrogens with one attached hydrogen (secondary N) is 2. The summed E-state index contributed by atoms with van der Waals surface area (Å²) in [6, 6.07) is 19.5. The van der Waals surface area contributed by atoms with Crippen molar-refractivity contribution in [1.82, 2.24) is 25.3 Å². The quantitative estimate of drug-likeness (QED) is 0.172. The summed E-state index contributed by atoms with van der Waals surface area (Å²) in [5, 5.41) is 19.1. The van der Waals surface area contributed by atoms with Crippen molar-refractivity contribution in [2.45, 2.75) is 44.7 Å². The lowest BCUT2D eigenvalue weighted by atomic mass is 10.1. The van der Waals surface area contributed by atoms with Crippen molar-refractivity contribution in [3.63, 3.8) is 0 Å². The third-order valence-electron chi connectivity index (χ3n) is 8.54. The van der Waals surface area contributed by atoms with Gasteiger partial charge in [-0.25, -0.2) is 4.79 Å². The average molecular weight is 640 g/mol. The number of hydrogen-bond acceptors (Lipinski definition) is 10. The molecule has 6 rings (SSSR count). The number of urea groups is 1. The van der Waals surface area contributed by atoms with Crippen molar-refractivity contribution in [1.29, 1.82) is 5.41 Å². The van der Waals surface area contributed by atoms with E-state index in [1.807, 2.05) is 62.4 Å². The van der Waals surface area contributed by atoms with Crippen molar-refractivity contribution in [3.8, 4) is 5.75 Å². The fraction of sp³-hybridized carbons (Fsp3) is 0.382. The number of nitrogens with zero attached hydrogens (tertiary/aromatic N) is 7. The van der Waals surface area contributed by atoms with E-state index in [4.69, 9.17) is 19.6 Å². The lowest BCUT2D eigenvalue weighted by Crippen LogP contribution is -2.46. The van der Waals surface area contributed by atoms with Crippen LogP contribution >= 0.6 is 0 Å². The lowest BCUT2D eigenvalue weighted by Gasteiger charge is -2.37. The Morgan fingerprint density at radius 2 is 1.62 bits per heavy atom. The molecule has 2 fully saturated rings. The predicted octanol–water partition coefficient (Wildman–Crippen LogP) is 4.27. The van der Waals surface area contributed by atoms with Gasteiger partial charge in [0.25, 0.3) is 0 Å². The van der Waals surface area contributed by atoms with E-state index in [9.17, 15) is 4.79 Å². The molecule has 0 bridgehead atoms. The van der Waals surface area contributed by atoms with E-state index in [1.165, 1.54) is 4.90 Å². The van der Waals surface area contributed by atoms with Gasteiger partial charge in [0.2, 0.25) is 5.79 Å². The summed E-state index contributed by atoms with van der Waals surface area (Å²) in [5.74, 6) is -0.253. The summed E-state index contributed by atoms with van der Waals surface area (Å²) >= 11 is 0. The van der Waals surface area contributed by atoms with E-state index in [-0.39, 0.29) is 18.2 Å². The Labute approximate surface area is 274 Å².